The highest BCUT2D eigenvalue weighted by Crippen LogP contribution is 2.30. The number of ether oxygens (including phenoxy) is 1. The van der Waals surface area contributed by atoms with Crippen molar-refractivity contribution in [2.45, 2.75) is 12.2 Å². The van der Waals surface area contributed by atoms with Crippen molar-refractivity contribution in [2.75, 3.05) is 18.7 Å². The lowest BCUT2D eigenvalue weighted by Crippen LogP contribution is -2.14. The predicted octanol–water partition coefficient (Wildman–Crippen LogP) is 4.83. The smallest absolute Gasteiger partial charge is 0.291 e. The van der Waals surface area contributed by atoms with E-state index >= 15 is 0 Å². The molecule has 0 aliphatic rings. The van der Waals surface area contributed by atoms with E-state index in [9.17, 15) is 13.2 Å². The second-order valence-electron chi connectivity index (χ2n) is 7.62. The van der Waals surface area contributed by atoms with Crippen molar-refractivity contribution in [3.63, 3.8) is 0 Å². The van der Waals surface area contributed by atoms with Crippen LogP contribution < -0.4 is 10.1 Å². The number of hydrogen-bond acceptors (Lipinski definition) is 5. The summed E-state index contributed by atoms with van der Waals surface area (Å²) in [6.07, 6.45) is 1.77. The summed E-state index contributed by atoms with van der Waals surface area (Å²) < 4.78 is 35.2. The first-order valence-electron chi connectivity index (χ1n) is 10.0. The second-order valence-corrected chi connectivity index (χ2v) is 9.76. The number of nitrogens with one attached hydrogen (secondary N) is 1. The van der Waals surface area contributed by atoms with Crippen LogP contribution in [0.25, 0.3) is 11.0 Å². The zero-order valence-corrected chi connectivity index (χ0v) is 18.6. The minimum Gasteiger partial charge on any atom is -0.496 e. The van der Waals surface area contributed by atoms with Crippen LogP contribution in [0.5, 0.6) is 5.75 Å². The molecule has 0 fully saturated rings. The van der Waals surface area contributed by atoms with Gasteiger partial charge in [-0.1, -0.05) is 48.5 Å². The van der Waals surface area contributed by atoms with Gasteiger partial charge in [0.15, 0.2) is 15.6 Å². The van der Waals surface area contributed by atoms with Gasteiger partial charge in [0.1, 0.15) is 11.3 Å². The van der Waals surface area contributed by atoms with Gasteiger partial charge in [-0.2, -0.15) is 0 Å². The number of benzene rings is 3. The van der Waals surface area contributed by atoms with E-state index in [0.29, 0.717) is 34.4 Å². The molecule has 32 heavy (non-hydrogen) atoms. The number of amides is 1. The first-order chi connectivity index (χ1) is 15.3. The molecule has 0 aliphatic carbocycles. The van der Waals surface area contributed by atoms with E-state index in [1.807, 2.05) is 36.4 Å². The van der Waals surface area contributed by atoms with Crippen molar-refractivity contribution >= 4 is 32.4 Å². The van der Waals surface area contributed by atoms with Gasteiger partial charge in [-0.15, -0.1) is 0 Å². The maximum absolute atomic E-state index is 13.1. The minimum absolute atomic E-state index is 0.00273. The molecule has 6 nitrogen and oxygen atoms in total. The van der Waals surface area contributed by atoms with Crippen LogP contribution in [0, 0.1) is 0 Å². The predicted molar refractivity (Wildman–Crippen MR) is 125 cm³/mol. The zero-order valence-electron chi connectivity index (χ0n) is 17.8. The van der Waals surface area contributed by atoms with Gasteiger partial charge < -0.3 is 14.5 Å². The summed E-state index contributed by atoms with van der Waals surface area (Å²) in [5.41, 5.74) is 3.42. The lowest BCUT2D eigenvalue weighted by molar-refractivity contribution is 0.0998. The molecule has 1 N–H and O–H groups in total. The molecule has 7 heteroatoms. The Morgan fingerprint density at radius 3 is 2.44 bits per heavy atom. The second kappa shape index (κ2) is 8.88. The highest BCUT2D eigenvalue weighted by Gasteiger charge is 2.23. The molecule has 4 rings (SSSR count). The molecule has 1 amide bonds. The number of sulfone groups is 1. The fourth-order valence-corrected chi connectivity index (χ4v) is 4.50. The topological polar surface area (TPSA) is 85.6 Å². The average Bonchev–Trinajstić information content (AvgIpc) is 3.12. The fourth-order valence-electron chi connectivity index (χ4n) is 3.69. The van der Waals surface area contributed by atoms with Gasteiger partial charge in [0.2, 0.25) is 0 Å². The Hall–Kier alpha value is -3.58. The van der Waals surface area contributed by atoms with E-state index < -0.39 is 15.7 Å². The van der Waals surface area contributed by atoms with E-state index in [-0.39, 0.29) is 11.5 Å². The Labute approximate surface area is 186 Å². The number of carbonyl (C=O) groups excluding carboxylic acids is 1. The number of furan rings is 1. The number of carbonyl (C=O) groups is 1. The molecule has 1 heterocycles. The fraction of sp³-hybridized carbons (Fsp3) is 0.160. The Balaban J connectivity index is 1.66. The Kier molecular flexibility index (Phi) is 6.01. The number of fused-ring (bicyclic) bond motifs is 1. The average molecular weight is 450 g/mol. The summed E-state index contributed by atoms with van der Waals surface area (Å²) in [7, 11) is -1.77. The van der Waals surface area contributed by atoms with Gasteiger partial charge in [-0.05, 0) is 29.8 Å². The summed E-state index contributed by atoms with van der Waals surface area (Å²) in [6, 6.07) is 22.4. The monoisotopic (exact) mass is 449 g/mol. The zero-order chi connectivity index (χ0) is 22.7. The van der Waals surface area contributed by atoms with Crippen molar-refractivity contribution in [1.29, 1.82) is 0 Å². The molecule has 0 aliphatic heterocycles. The molecule has 4 aromatic rings. The highest BCUT2D eigenvalue weighted by molar-refractivity contribution is 7.89. The van der Waals surface area contributed by atoms with Gasteiger partial charge in [0, 0.05) is 34.9 Å². The van der Waals surface area contributed by atoms with Crippen LogP contribution in [0.15, 0.2) is 77.2 Å². The number of para-hydroxylation sites is 1. The largest absolute Gasteiger partial charge is 0.496 e. The van der Waals surface area contributed by atoms with Crippen molar-refractivity contribution in [1.82, 2.24) is 0 Å². The Bertz CT molecular complexity index is 1370. The van der Waals surface area contributed by atoms with Crippen LogP contribution >= 0.6 is 0 Å². The molecule has 0 spiro atoms. The van der Waals surface area contributed by atoms with Gasteiger partial charge in [0.05, 0.1) is 12.9 Å². The quantitative estimate of drug-likeness (QED) is 0.437. The van der Waals surface area contributed by atoms with Gasteiger partial charge in [0.25, 0.3) is 5.91 Å². The lowest BCUT2D eigenvalue weighted by atomic mass is 10.0. The molecular formula is C25H23NO5S. The SMILES string of the molecule is COc1ccc(NC(=O)c2oc3ccccc3c2CS(C)(=O)=O)cc1Cc1ccccc1. The third-order valence-electron chi connectivity index (χ3n) is 5.09. The van der Waals surface area contributed by atoms with E-state index in [2.05, 4.69) is 5.32 Å². The molecule has 0 bridgehead atoms. The summed E-state index contributed by atoms with van der Waals surface area (Å²) in [4.78, 5) is 13.1. The first kappa shape index (κ1) is 21.6. The molecule has 0 saturated heterocycles. The molecule has 1 aromatic heterocycles. The molecule has 0 radical (unpaired) electrons. The molecule has 0 atom stereocenters. The summed E-state index contributed by atoms with van der Waals surface area (Å²) in [6.45, 7) is 0. The van der Waals surface area contributed by atoms with Crippen LogP contribution in [0.2, 0.25) is 0 Å². The molecule has 3 aromatic carbocycles. The van der Waals surface area contributed by atoms with Gasteiger partial charge >= 0.3 is 0 Å². The van der Waals surface area contributed by atoms with Gasteiger partial charge in [-0.25, -0.2) is 8.42 Å². The van der Waals surface area contributed by atoms with Gasteiger partial charge in [-0.3, -0.25) is 4.79 Å². The normalized spacial score (nSPS) is 11.4. The molecule has 164 valence electrons. The maximum atomic E-state index is 13.1. The third kappa shape index (κ3) is 4.84. The standard InChI is InChI=1S/C25H23NO5S/c1-30-22-13-12-19(15-18(22)14-17-8-4-3-5-9-17)26-25(27)24-21(16-32(2,28)29)20-10-6-7-11-23(20)31-24/h3-13,15H,14,16H2,1-2H3,(H,26,27). The maximum Gasteiger partial charge on any atom is 0.291 e. The first-order valence-corrected chi connectivity index (χ1v) is 12.1. The van der Waals surface area contributed by atoms with E-state index in [1.54, 1.807) is 43.5 Å². The molecule has 0 unspecified atom stereocenters. The summed E-state index contributed by atoms with van der Waals surface area (Å²) >= 11 is 0. The number of rotatable bonds is 7. The highest BCUT2D eigenvalue weighted by atomic mass is 32.2. The number of anilines is 1. The number of methoxy groups -OCH3 is 1. The van der Waals surface area contributed by atoms with Crippen LogP contribution in [0.3, 0.4) is 0 Å². The van der Waals surface area contributed by atoms with Crippen molar-refractivity contribution in [3.8, 4) is 5.75 Å². The van der Waals surface area contributed by atoms with Crippen LogP contribution in [-0.2, 0) is 22.0 Å². The van der Waals surface area contributed by atoms with E-state index in [4.69, 9.17) is 9.15 Å². The lowest BCUT2D eigenvalue weighted by Gasteiger charge is -2.12. The summed E-state index contributed by atoms with van der Waals surface area (Å²) in [5, 5.41) is 3.45. The van der Waals surface area contributed by atoms with Crippen LogP contribution in [0.1, 0.15) is 27.2 Å². The minimum atomic E-state index is -3.37. The molecular weight excluding hydrogens is 426 g/mol. The number of hydrogen-bond donors (Lipinski definition) is 1. The van der Waals surface area contributed by atoms with Crippen molar-refractivity contribution in [3.05, 3.63) is 95.2 Å². The van der Waals surface area contributed by atoms with E-state index in [1.165, 1.54) is 0 Å². The van der Waals surface area contributed by atoms with E-state index in [0.717, 1.165) is 17.4 Å². The van der Waals surface area contributed by atoms with Crippen LogP contribution in [-0.4, -0.2) is 27.7 Å². The Morgan fingerprint density at radius 2 is 1.72 bits per heavy atom. The summed E-state index contributed by atoms with van der Waals surface area (Å²) in [5.74, 6) is -0.0738. The van der Waals surface area contributed by atoms with Crippen LogP contribution in [0.4, 0.5) is 5.69 Å². The van der Waals surface area contributed by atoms with Crippen molar-refractivity contribution in [2.24, 2.45) is 0 Å². The molecule has 0 saturated carbocycles. The Morgan fingerprint density at radius 1 is 1.00 bits per heavy atom. The third-order valence-corrected chi connectivity index (χ3v) is 5.90. The van der Waals surface area contributed by atoms with Crippen molar-refractivity contribution < 1.29 is 22.4 Å².